The zero-order valence-electron chi connectivity index (χ0n) is 28.7. The molecule has 266 valence electrons. The number of esters is 2. The van der Waals surface area contributed by atoms with Gasteiger partial charge in [0.1, 0.15) is 6.61 Å². The third-order valence-corrected chi connectivity index (χ3v) is 9.71. The summed E-state index contributed by atoms with van der Waals surface area (Å²) in [4.78, 5) is 34.6. The number of phosphoric acid groups is 1. The van der Waals surface area contributed by atoms with Gasteiger partial charge in [0, 0.05) is 19.4 Å². The van der Waals surface area contributed by atoms with Crippen LogP contribution in [0, 0.1) is 5.92 Å². The van der Waals surface area contributed by atoms with Crippen LogP contribution in [0.5, 0.6) is 0 Å². The highest BCUT2D eigenvalue weighted by molar-refractivity contribution is 7.47. The average Bonchev–Trinajstić information content (AvgIpc) is 2.99. The summed E-state index contributed by atoms with van der Waals surface area (Å²) in [6.07, 6.45) is 28.9. The molecule has 0 saturated heterocycles. The zero-order valence-corrected chi connectivity index (χ0v) is 29.6. The Balaban J connectivity index is 2.20. The third-order valence-electron chi connectivity index (χ3n) is 8.73. The Morgan fingerprint density at radius 3 is 1.69 bits per heavy atom. The Labute approximate surface area is 275 Å². The van der Waals surface area contributed by atoms with Crippen molar-refractivity contribution in [1.82, 2.24) is 0 Å². The molecule has 0 bridgehead atoms. The number of unbranched alkanes of at least 4 members (excludes halogenated alkanes) is 18. The molecule has 0 amide bonds. The predicted octanol–water partition coefficient (Wildman–Crippen LogP) is 9.33. The monoisotopic (exact) mass is 661 g/mol. The van der Waals surface area contributed by atoms with E-state index in [1.165, 1.54) is 116 Å². The van der Waals surface area contributed by atoms with E-state index in [4.69, 9.17) is 24.3 Å². The van der Waals surface area contributed by atoms with Crippen molar-refractivity contribution in [3.05, 3.63) is 0 Å². The second-order valence-corrected chi connectivity index (χ2v) is 14.4. The highest BCUT2D eigenvalue weighted by Gasteiger charge is 2.26. The standard InChI is InChI=1S/C35H68NO8P/c1-2-3-4-5-6-7-8-9-10-14-17-20-26-34(37)41-30-33(31-43-45(39,40)42-29-28-36)44-35(38)27-21-18-15-12-11-13-16-19-23-32-24-22-25-32/h32-33H,2-31,36H2,1H3,(H,39,40)/t33-/m0/s1. The van der Waals surface area contributed by atoms with Gasteiger partial charge in [0.15, 0.2) is 6.10 Å². The van der Waals surface area contributed by atoms with E-state index in [1.807, 2.05) is 0 Å². The van der Waals surface area contributed by atoms with E-state index in [0.29, 0.717) is 6.42 Å². The summed E-state index contributed by atoms with van der Waals surface area (Å²) >= 11 is 0. The number of carbonyl (C=O) groups is 2. The number of hydrogen-bond donors (Lipinski definition) is 2. The van der Waals surface area contributed by atoms with Crippen molar-refractivity contribution in [2.24, 2.45) is 11.7 Å². The summed E-state index contributed by atoms with van der Waals surface area (Å²) in [5, 5.41) is 0. The van der Waals surface area contributed by atoms with Crippen molar-refractivity contribution in [2.45, 2.75) is 180 Å². The van der Waals surface area contributed by atoms with E-state index in [2.05, 4.69) is 6.92 Å². The van der Waals surface area contributed by atoms with Crippen LogP contribution in [0.4, 0.5) is 0 Å². The number of ether oxygens (including phenoxy) is 2. The Hall–Kier alpha value is -0.990. The lowest BCUT2D eigenvalue weighted by Gasteiger charge is -2.24. The second kappa shape index (κ2) is 29.2. The van der Waals surface area contributed by atoms with Crippen LogP contribution in [-0.2, 0) is 32.7 Å². The van der Waals surface area contributed by atoms with Gasteiger partial charge in [0.2, 0.25) is 0 Å². The van der Waals surface area contributed by atoms with Gasteiger partial charge in [0.05, 0.1) is 13.2 Å². The summed E-state index contributed by atoms with van der Waals surface area (Å²) in [5.41, 5.74) is 5.32. The first-order valence-electron chi connectivity index (χ1n) is 18.5. The van der Waals surface area contributed by atoms with Gasteiger partial charge in [-0.25, -0.2) is 4.57 Å². The van der Waals surface area contributed by atoms with Crippen molar-refractivity contribution in [2.75, 3.05) is 26.4 Å². The third kappa shape index (κ3) is 26.7. The maximum Gasteiger partial charge on any atom is 0.472 e. The summed E-state index contributed by atoms with van der Waals surface area (Å²) in [6.45, 7) is 1.50. The molecule has 1 rings (SSSR count). The maximum absolute atomic E-state index is 12.5. The highest BCUT2D eigenvalue weighted by atomic mass is 31.2. The minimum Gasteiger partial charge on any atom is -0.462 e. The smallest absolute Gasteiger partial charge is 0.462 e. The molecule has 1 fully saturated rings. The maximum atomic E-state index is 12.5. The van der Waals surface area contributed by atoms with E-state index in [1.54, 1.807) is 0 Å². The molecule has 1 aliphatic carbocycles. The largest absolute Gasteiger partial charge is 0.472 e. The van der Waals surface area contributed by atoms with Gasteiger partial charge >= 0.3 is 19.8 Å². The lowest BCUT2D eigenvalue weighted by atomic mass is 9.81. The van der Waals surface area contributed by atoms with Crippen LogP contribution in [0.3, 0.4) is 0 Å². The molecule has 0 aromatic rings. The first kappa shape index (κ1) is 42.0. The van der Waals surface area contributed by atoms with Crippen molar-refractivity contribution in [1.29, 1.82) is 0 Å². The Morgan fingerprint density at radius 1 is 0.711 bits per heavy atom. The number of nitrogens with two attached hydrogens (primary N) is 1. The molecule has 10 heteroatoms. The average molecular weight is 662 g/mol. The van der Waals surface area contributed by atoms with Gasteiger partial charge in [-0.3, -0.25) is 18.6 Å². The summed E-state index contributed by atoms with van der Waals surface area (Å²) in [6, 6.07) is 0. The van der Waals surface area contributed by atoms with Gasteiger partial charge in [-0.15, -0.1) is 0 Å². The lowest BCUT2D eigenvalue weighted by Crippen LogP contribution is -2.29. The van der Waals surface area contributed by atoms with E-state index in [0.717, 1.165) is 38.0 Å². The minimum absolute atomic E-state index is 0.0590. The number of rotatable bonds is 33. The fourth-order valence-electron chi connectivity index (χ4n) is 5.66. The van der Waals surface area contributed by atoms with E-state index >= 15 is 0 Å². The first-order valence-corrected chi connectivity index (χ1v) is 20.0. The highest BCUT2D eigenvalue weighted by Crippen LogP contribution is 2.43. The lowest BCUT2D eigenvalue weighted by molar-refractivity contribution is -0.161. The van der Waals surface area contributed by atoms with Crippen LogP contribution in [0.25, 0.3) is 0 Å². The second-order valence-electron chi connectivity index (χ2n) is 13.0. The van der Waals surface area contributed by atoms with Crippen molar-refractivity contribution in [3.63, 3.8) is 0 Å². The van der Waals surface area contributed by atoms with Crippen molar-refractivity contribution < 1.29 is 37.6 Å². The molecule has 1 unspecified atom stereocenters. The topological polar surface area (TPSA) is 134 Å². The summed E-state index contributed by atoms with van der Waals surface area (Å²) in [5.74, 6) is 0.189. The molecule has 3 N–H and O–H groups in total. The molecule has 0 heterocycles. The molecule has 1 saturated carbocycles. The number of hydrogen-bond acceptors (Lipinski definition) is 8. The summed E-state index contributed by atoms with van der Waals surface area (Å²) < 4.78 is 32.6. The van der Waals surface area contributed by atoms with Crippen molar-refractivity contribution >= 4 is 19.8 Å². The van der Waals surface area contributed by atoms with E-state index in [-0.39, 0.29) is 38.6 Å². The molecule has 0 spiro atoms. The molecule has 9 nitrogen and oxygen atoms in total. The van der Waals surface area contributed by atoms with Crippen LogP contribution in [0.15, 0.2) is 0 Å². The van der Waals surface area contributed by atoms with Crippen LogP contribution < -0.4 is 5.73 Å². The Morgan fingerprint density at radius 2 is 1.20 bits per heavy atom. The quantitative estimate of drug-likeness (QED) is 0.0401. The Bertz CT molecular complexity index is 764. The molecule has 0 aromatic carbocycles. The molecular formula is C35H68NO8P. The molecule has 0 aromatic heterocycles. The molecule has 2 atom stereocenters. The Kier molecular flexibility index (Phi) is 27.2. The SMILES string of the molecule is CCCCCCCCCCCCCCC(=O)OC[C@@H](COP(=O)(O)OCCN)OC(=O)CCCCCCCCCCC1CCC1. The predicted molar refractivity (Wildman–Crippen MR) is 181 cm³/mol. The molecule has 0 radical (unpaired) electrons. The minimum atomic E-state index is -4.36. The van der Waals surface area contributed by atoms with Gasteiger partial charge in [-0.05, 0) is 18.8 Å². The van der Waals surface area contributed by atoms with Gasteiger partial charge in [-0.2, -0.15) is 0 Å². The molecule has 45 heavy (non-hydrogen) atoms. The molecule has 0 aliphatic heterocycles. The van der Waals surface area contributed by atoms with E-state index < -0.39 is 26.5 Å². The van der Waals surface area contributed by atoms with Gasteiger partial charge < -0.3 is 20.1 Å². The van der Waals surface area contributed by atoms with Crippen LogP contribution in [-0.4, -0.2) is 49.3 Å². The summed E-state index contributed by atoms with van der Waals surface area (Å²) in [7, 11) is -4.36. The fourth-order valence-corrected chi connectivity index (χ4v) is 6.42. The molecular weight excluding hydrogens is 593 g/mol. The van der Waals surface area contributed by atoms with E-state index in [9.17, 15) is 19.0 Å². The molecule has 1 aliphatic rings. The first-order chi connectivity index (χ1) is 21.9. The fraction of sp³-hybridized carbons (Fsp3) is 0.943. The van der Waals surface area contributed by atoms with Crippen LogP contribution in [0.1, 0.15) is 174 Å². The van der Waals surface area contributed by atoms with Crippen LogP contribution >= 0.6 is 7.82 Å². The van der Waals surface area contributed by atoms with Gasteiger partial charge in [0.25, 0.3) is 0 Å². The van der Waals surface area contributed by atoms with Crippen LogP contribution in [0.2, 0.25) is 0 Å². The number of phosphoric ester groups is 1. The normalized spacial score (nSPS) is 15.4. The zero-order chi connectivity index (χ0) is 32.9. The number of carbonyl (C=O) groups excluding carboxylic acids is 2. The van der Waals surface area contributed by atoms with Gasteiger partial charge in [-0.1, -0.05) is 148 Å². The van der Waals surface area contributed by atoms with Crippen molar-refractivity contribution in [3.8, 4) is 0 Å².